The minimum atomic E-state index is -1.42. The molecule has 5 aromatic rings. The molecule has 4 aromatic carbocycles. The van der Waals surface area contributed by atoms with Crippen LogP contribution in [0.4, 0.5) is 23.2 Å². The zero-order valence-electron chi connectivity index (χ0n) is 26.7. The minimum Gasteiger partial charge on any atom is -0.507 e. The van der Waals surface area contributed by atoms with E-state index in [1.165, 1.54) is 29.3 Å². The molecule has 1 aromatic heterocycles. The summed E-state index contributed by atoms with van der Waals surface area (Å²) in [5.74, 6) is -7.09. The van der Waals surface area contributed by atoms with Gasteiger partial charge in [-0.25, -0.2) is 17.6 Å². The van der Waals surface area contributed by atoms with Crippen molar-refractivity contribution in [3.63, 3.8) is 0 Å². The Morgan fingerprint density at radius 1 is 0.740 bits per heavy atom. The number of piperazine rings is 1. The van der Waals surface area contributed by atoms with Gasteiger partial charge in [-0.2, -0.15) is 0 Å². The van der Waals surface area contributed by atoms with Crippen molar-refractivity contribution < 1.29 is 32.3 Å². The van der Waals surface area contributed by atoms with Crippen molar-refractivity contribution in [3.8, 4) is 11.1 Å². The molecular formula is C39H31F4N3O4. The van der Waals surface area contributed by atoms with Crippen molar-refractivity contribution in [2.75, 3.05) is 31.1 Å². The van der Waals surface area contributed by atoms with Crippen LogP contribution in [0, 0.1) is 23.3 Å². The highest BCUT2D eigenvalue weighted by atomic mass is 19.2. The highest BCUT2D eigenvalue weighted by Gasteiger charge is 2.26. The predicted octanol–water partition coefficient (Wildman–Crippen LogP) is 6.53. The number of anilines is 1. The second-order valence-electron chi connectivity index (χ2n) is 11.9. The summed E-state index contributed by atoms with van der Waals surface area (Å²) in [7, 11) is 0. The molecule has 0 saturated carbocycles. The zero-order chi connectivity index (χ0) is 35.4. The van der Waals surface area contributed by atoms with E-state index < -0.39 is 63.8 Å². The third-order valence-electron chi connectivity index (χ3n) is 8.57. The Morgan fingerprint density at radius 2 is 1.42 bits per heavy atom. The molecule has 50 heavy (non-hydrogen) atoms. The van der Waals surface area contributed by atoms with E-state index in [1.807, 2.05) is 54.6 Å². The van der Waals surface area contributed by atoms with Gasteiger partial charge in [0.2, 0.25) is 5.78 Å². The average Bonchev–Trinajstić information content (AvgIpc) is 3.13. The minimum absolute atomic E-state index is 0.0750. The van der Waals surface area contributed by atoms with Crippen molar-refractivity contribution in [1.82, 2.24) is 9.47 Å². The summed E-state index contributed by atoms with van der Waals surface area (Å²) < 4.78 is 58.0. The van der Waals surface area contributed by atoms with Gasteiger partial charge in [-0.3, -0.25) is 14.4 Å². The van der Waals surface area contributed by atoms with Crippen LogP contribution in [0.5, 0.6) is 0 Å². The maximum absolute atomic E-state index is 14.5. The van der Waals surface area contributed by atoms with Gasteiger partial charge in [0.1, 0.15) is 17.4 Å². The van der Waals surface area contributed by atoms with Gasteiger partial charge in [-0.1, -0.05) is 54.6 Å². The van der Waals surface area contributed by atoms with Crippen molar-refractivity contribution in [1.29, 1.82) is 0 Å². The molecule has 1 aliphatic rings. The normalized spacial score (nSPS) is 13.4. The van der Waals surface area contributed by atoms with Gasteiger partial charge in [-0.05, 0) is 64.7 Å². The van der Waals surface area contributed by atoms with Crippen LogP contribution in [0.1, 0.15) is 22.3 Å². The number of amides is 1. The van der Waals surface area contributed by atoms with E-state index in [4.69, 9.17) is 0 Å². The van der Waals surface area contributed by atoms with Crippen molar-refractivity contribution in [2.45, 2.75) is 13.0 Å². The highest BCUT2D eigenvalue weighted by Crippen LogP contribution is 2.25. The maximum Gasteiger partial charge on any atom is 0.294 e. The number of aliphatic hydroxyl groups is 1. The molecule has 254 valence electrons. The first-order chi connectivity index (χ1) is 24.1. The molecule has 7 nitrogen and oxygen atoms in total. The molecule has 1 aliphatic heterocycles. The summed E-state index contributed by atoms with van der Waals surface area (Å²) in [5.41, 5.74) is 1.68. The zero-order valence-corrected chi connectivity index (χ0v) is 26.7. The van der Waals surface area contributed by atoms with Crippen LogP contribution in [-0.4, -0.2) is 52.4 Å². The summed E-state index contributed by atoms with van der Waals surface area (Å²) in [6.45, 7) is 1.18. The van der Waals surface area contributed by atoms with Crippen LogP contribution >= 0.6 is 0 Å². The fraction of sp³-hybridized carbons (Fsp3) is 0.154. The van der Waals surface area contributed by atoms with Gasteiger partial charge >= 0.3 is 0 Å². The highest BCUT2D eigenvalue weighted by molar-refractivity contribution is 6.41. The number of ketones is 1. The summed E-state index contributed by atoms with van der Waals surface area (Å²) in [6, 6.07) is 25.9. The van der Waals surface area contributed by atoms with Gasteiger partial charge < -0.3 is 19.5 Å². The van der Waals surface area contributed by atoms with Crippen LogP contribution in [-0.2, 0) is 22.6 Å². The molecule has 0 radical (unpaired) electrons. The fourth-order valence-electron chi connectivity index (χ4n) is 5.95. The Labute approximate surface area is 285 Å². The molecule has 1 amide bonds. The Bertz CT molecular complexity index is 2140. The van der Waals surface area contributed by atoms with E-state index in [2.05, 4.69) is 4.90 Å². The number of hydrogen-bond acceptors (Lipinski definition) is 5. The first kappa shape index (κ1) is 33.9. The van der Waals surface area contributed by atoms with Gasteiger partial charge in [0.15, 0.2) is 11.6 Å². The van der Waals surface area contributed by atoms with Crippen LogP contribution in [0.15, 0.2) is 114 Å². The van der Waals surface area contributed by atoms with Crippen molar-refractivity contribution >= 4 is 23.1 Å². The molecule has 1 fully saturated rings. The molecule has 1 saturated heterocycles. The van der Waals surface area contributed by atoms with E-state index in [1.54, 1.807) is 6.07 Å². The predicted molar refractivity (Wildman–Crippen MR) is 182 cm³/mol. The lowest BCUT2D eigenvalue weighted by Gasteiger charge is -2.35. The molecule has 2 heterocycles. The summed E-state index contributed by atoms with van der Waals surface area (Å²) in [5, 5.41) is 11.0. The standard InChI is InChI=1S/C39H31F4N3O4/c40-29-8-4-5-25(19-29)23-46-24-26(20-31-33(41)13-14-34(42)37(31)43)21-32(38(46)49)35(47)22-36(48)39(50)45-17-15-44(16-18-45)30-11-9-28(10-12-30)27-6-2-1-3-7-27/h1-14,19,21-22,24,47H,15-18,20,23H2/b35-22+. The van der Waals surface area contributed by atoms with Crippen LogP contribution < -0.4 is 10.5 Å². The number of pyridine rings is 1. The molecule has 0 bridgehead atoms. The Hall–Kier alpha value is -5.97. The fourth-order valence-corrected chi connectivity index (χ4v) is 5.95. The number of nitrogens with zero attached hydrogens (tertiary/aromatic N) is 3. The summed E-state index contributed by atoms with van der Waals surface area (Å²) in [6.07, 6.45) is 1.36. The molecule has 0 unspecified atom stereocenters. The van der Waals surface area contributed by atoms with Crippen LogP contribution in [0.3, 0.4) is 0 Å². The van der Waals surface area contributed by atoms with E-state index >= 15 is 0 Å². The van der Waals surface area contributed by atoms with Crippen LogP contribution in [0.2, 0.25) is 0 Å². The molecule has 11 heteroatoms. The molecule has 1 N–H and O–H groups in total. The molecular weight excluding hydrogens is 650 g/mol. The summed E-state index contributed by atoms with van der Waals surface area (Å²) in [4.78, 5) is 43.1. The Kier molecular flexibility index (Phi) is 9.94. The smallest absolute Gasteiger partial charge is 0.294 e. The second kappa shape index (κ2) is 14.7. The van der Waals surface area contributed by atoms with E-state index in [0.717, 1.165) is 33.5 Å². The largest absolute Gasteiger partial charge is 0.507 e. The van der Waals surface area contributed by atoms with Gasteiger partial charge in [0.25, 0.3) is 11.5 Å². The number of benzene rings is 4. The quantitative estimate of drug-likeness (QED) is 0.0630. The Morgan fingerprint density at radius 3 is 2.12 bits per heavy atom. The monoisotopic (exact) mass is 681 g/mol. The molecule has 0 atom stereocenters. The lowest BCUT2D eigenvalue weighted by molar-refractivity contribution is -0.142. The maximum atomic E-state index is 14.5. The van der Waals surface area contributed by atoms with Gasteiger partial charge in [0.05, 0.1) is 12.1 Å². The number of halogens is 4. The molecule has 0 spiro atoms. The number of aromatic nitrogens is 1. The van der Waals surface area contributed by atoms with Crippen molar-refractivity contribution in [3.05, 3.63) is 165 Å². The number of aliphatic hydroxyl groups excluding tert-OH is 1. The average molecular weight is 682 g/mol. The lowest BCUT2D eigenvalue weighted by atomic mass is 10.0. The summed E-state index contributed by atoms with van der Waals surface area (Å²) >= 11 is 0. The number of rotatable bonds is 9. The second-order valence-corrected chi connectivity index (χ2v) is 11.9. The topological polar surface area (TPSA) is 82.8 Å². The molecule has 0 aliphatic carbocycles. The van der Waals surface area contributed by atoms with E-state index in [9.17, 15) is 37.1 Å². The SMILES string of the molecule is O=C(/C=C(/O)c1cc(Cc2c(F)ccc(F)c2F)cn(Cc2cccc(F)c2)c1=O)C(=O)N1CCN(c2ccc(-c3ccccc3)cc2)CC1. The first-order valence-electron chi connectivity index (χ1n) is 15.8. The van der Waals surface area contributed by atoms with E-state index in [0.29, 0.717) is 30.8 Å². The number of carbonyl (C=O) groups is 2. The van der Waals surface area contributed by atoms with Gasteiger partial charge in [-0.15, -0.1) is 0 Å². The third-order valence-corrected chi connectivity index (χ3v) is 8.57. The van der Waals surface area contributed by atoms with Crippen molar-refractivity contribution in [2.24, 2.45) is 0 Å². The number of hydrogen-bond donors (Lipinski definition) is 1. The molecule has 6 rings (SSSR count). The number of carbonyl (C=O) groups excluding carboxylic acids is 2. The van der Waals surface area contributed by atoms with E-state index in [-0.39, 0.29) is 25.2 Å². The van der Waals surface area contributed by atoms with Gasteiger partial charge in [0, 0.05) is 56.1 Å². The lowest BCUT2D eigenvalue weighted by Crippen LogP contribution is -2.50. The van der Waals surface area contributed by atoms with Crippen LogP contribution in [0.25, 0.3) is 16.9 Å². The third kappa shape index (κ3) is 7.52. The Balaban J connectivity index is 1.20. The first-order valence-corrected chi connectivity index (χ1v) is 15.8.